The fraction of sp³-hybridized carbons (Fsp3) is 0.111. The highest BCUT2D eigenvalue weighted by molar-refractivity contribution is 7.20. The highest BCUT2D eigenvalue weighted by atomic mass is 35.5. The van der Waals surface area contributed by atoms with E-state index in [9.17, 15) is 0 Å². The first-order valence-corrected chi connectivity index (χ1v) is 8.79. The maximum absolute atomic E-state index is 6.24. The first kappa shape index (κ1) is 15.2. The van der Waals surface area contributed by atoms with Gasteiger partial charge in [-0.1, -0.05) is 65.4 Å². The second-order valence-corrected chi connectivity index (χ2v) is 6.88. The average Bonchev–Trinajstić information content (AvgIpc) is 3.13. The lowest BCUT2D eigenvalue weighted by Gasteiger charge is -2.05. The number of benzene rings is 2. The zero-order chi connectivity index (χ0) is 16.5. The molecule has 1 N–H and O–H groups in total. The van der Waals surface area contributed by atoms with E-state index in [0.29, 0.717) is 5.02 Å². The standard InChI is InChI=1S/C18H15ClN4S/c1-12-6-2-3-7-13(12)10-20-17-22-23-11-16(21-18(23)24-17)14-8-4-5-9-15(14)19/h2-9,11H,10H2,1H3,(H,20,22). The Bertz CT molecular complexity index is 974. The van der Waals surface area contributed by atoms with Crippen LogP contribution >= 0.6 is 22.9 Å². The van der Waals surface area contributed by atoms with Crippen molar-refractivity contribution < 1.29 is 0 Å². The van der Waals surface area contributed by atoms with Gasteiger partial charge in [-0.15, -0.1) is 5.10 Å². The van der Waals surface area contributed by atoms with Crippen molar-refractivity contribution in [2.24, 2.45) is 0 Å². The van der Waals surface area contributed by atoms with Gasteiger partial charge < -0.3 is 5.32 Å². The van der Waals surface area contributed by atoms with Crippen LogP contribution in [0.4, 0.5) is 5.13 Å². The molecule has 0 fully saturated rings. The normalized spacial score (nSPS) is 11.1. The van der Waals surface area contributed by atoms with Crippen LogP contribution in [0, 0.1) is 6.92 Å². The lowest BCUT2D eigenvalue weighted by molar-refractivity contribution is 0.960. The molecule has 0 saturated carbocycles. The Morgan fingerprint density at radius 1 is 1.12 bits per heavy atom. The molecule has 0 unspecified atom stereocenters. The number of anilines is 1. The van der Waals surface area contributed by atoms with Gasteiger partial charge >= 0.3 is 0 Å². The van der Waals surface area contributed by atoms with Gasteiger partial charge in [0.15, 0.2) is 0 Å². The summed E-state index contributed by atoms with van der Waals surface area (Å²) in [6.45, 7) is 2.86. The summed E-state index contributed by atoms with van der Waals surface area (Å²) in [6, 6.07) is 16.0. The van der Waals surface area contributed by atoms with E-state index < -0.39 is 0 Å². The topological polar surface area (TPSA) is 42.2 Å². The number of fused-ring (bicyclic) bond motifs is 1. The highest BCUT2D eigenvalue weighted by Gasteiger charge is 2.11. The molecule has 0 saturated heterocycles. The highest BCUT2D eigenvalue weighted by Crippen LogP contribution is 2.29. The number of nitrogens with one attached hydrogen (secondary N) is 1. The predicted molar refractivity (Wildman–Crippen MR) is 99.8 cm³/mol. The molecule has 4 nitrogen and oxygen atoms in total. The predicted octanol–water partition coefficient (Wildman–Crippen LogP) is 5.03. The molecule has 0 spiro atoms. The SMILES string of the molecule is Cc1ccccc1CNc1nn2cc(-c3ccccc3Cl)nc2s1. The minimum absolute atomic E-state index is 0.696. The number of rotatable bonds is 4. The van der Waals surface area contributed by atoms with Gasteiger partial charge in [0.05, 0.1) is 16.9 Å². The number of hydrogen-bond acceptors (Lipinski definition) is 4. The molecular weight excluding hydrogens is 340 g/mol. The number of imidazole rings is 1. The molecule has 120 valence electrons. The van der Waals surface area contributed by atoms with Gasteiger partial charge in [0, 0.05) is 12.1 Å². The first-order chi connectivity index (χ1) is 11.7. The summed E-state index contributed by atoms with van der Waals surface area (Å²) in [4.78, 5) is 5.48. The summed E-state index contributed by atoms with van der Waals surface area (Å²) in [7, 11) is 0. The van der Waals surface area contributed by atoms with Gasteiger partial charge in [-0.25, -0.2) is 9.50 Å². The minimum Gasteiger partial charge on any atom is -0.356 e. The zero-order valence-corrected chi connectivity index (χ0v) is 14.6. The Kier molecular flexibility index (Phi) is 3.96. The number of nitrogens with zero attached hydrogens (tertiary/aromatic N) is 3. The number of aromatic nitrogens is 3. The third-order valence-electron chi connectivity index (χ3n) is 3.88. The van der Waals surface area contributed by atoms with Gasteiger partial charge in [0.25, 0.3) is 0 Å². The molecule has 0 aliphatic heterocycles. The van der Waals surface area contributed by atoms with Crippen LogP contribution in [0.15, 0.2) is 54.7 Å². The Morgan fingerprint density at radius 3 is 2.71 bits per heavy atom. The fourth-order valence-electron chi connectivity index (χ4n) is 2.55. The van der Waals surface area contributed by atoms with Gasteiger partial charge in [-0.3, -0.25) is 0 Å². The summed E-state index contributed by atoms with van der Waals surface area (Å²) in [5.74, 6) is 0. The number of hydrogen-bond donors (Lipinski definition) is 1. The smallest absolute Gasteiger partial charge is 0.214 e. The maximum Gasteiger partial charge on any atom is 0.214 e. The number of aryl methyl sites for hydroxylation is 1. The third-order valence-corrected chi connectivity index (χ3v) is 5.09. The molecule has 0 radical (unpaired) electrons. The van der Waals surface area contributed by atoms with Crippen LogP contribution in [0.2, 0.25) is 5.02 Å². The van der Waals surface area contributed by atoms with Gasteiger partial charge in [0.2, 0.25) is 10.1 Å². The van der Waals surface area contributed by atoms with Crippen LogP contribution in [0.25, 0.3) is 16.2 Å². The van der Waals surface area contributed by atoms with Gasteiger partial charge in [-0.05, 0) is 24.1 Å². The molecule has 6 heteroatoms. The summed E-state index contributed by atoms with van der Waals surface area (Å²) in [5.41, 5.74) is 4.30. The van der Waals surface area contributed by atoms with E-state index in [1.807, 2.05) is 36.5 Å². The molecule has 24 heavy (non-hydrogen) atoms. The van der Waals surface area contributed by atoms with E-state index >= 15 is 0 Å². The van der Waals surface area contributed by atoms with Gasteiger partial charge in [-0.2, -0.15) is 0 Å². The molecule has 2 aromatic carbocycles. The monoisotopic (exact) mass is 354 g/mol. The van der Waals surface area contributed by atoms with Crippen molar-refractivity contribution in [1.82, 2.24) is 14.6 Å². The molecule has 0 aliphatic carbocycles. The van der Waals surface area contributed by atoms with Gasteiger partial charge in [0.1, 0.15) is 0 Å². The van der Waals surface area contributed by atoms with Crippen molar-refractivity contribution in [2.45, 2.75) is 13.5 Å². The lowest BCUT2D eigenvalue weighted by atomic mass is 10.1. The fourth-order valence-corrected chi connectivity index (χ4v) is 3.56. The summed E-state index contributed by atoms with van der Waals surface area (Å²) < 4.78 is 1.80. The summed E-state index contributed by atoms with van der Waals surface area (Å²) >= 11 is 7.77. The second kappa shape index (κ2) is 6.26. The maximum atomic E-state index is 6.24. The average molecular weight is 355 g/mol. The van der Waals surface area contributed by atoms with Crippen molar-refractivity contribution >= 4 is 33.0 Å². The van der Waals surface area contributed by atoms with E-state index in [1.54, 1.807) is 4.52 Å². The van der Waals surface area contributed by atoms with E-state index in [0.717, 1.165) is 27.9 Å². The summed E-state index contributed by atoms with van der Waals surface area (Å²) in [5, 5.41) is 9.47. The number of halogens is 1. The third kappa shape index (κ3) is 2.88. The Labute approximate surface area is 148 Å². The largest absolute Gasteiger partial charge is 0.356 e. The minimum atomic E-state index is 0.696. The van der Waals surface area contributed by atoms with Crippen LogP contribution < -0.4 is 5.32 Å². The second-order valence-electron chi connectivity index (χ2n) is 5.52. The van der Waals surface area contributed by atoms with E-state index in [1.165, 1.54) is 22.5 Å². The van der Waals surface area contributed by atoms with Crippen LogP contribution in [-0.4, -0.2) is 14.6 Å². The van der Waals surface area contributed by atoms with Crippen molar-refractivity contribution in [3.05, 3.63) is 70.9 Å². The Morgan fingerprint density at radius 2 is 1.92 bits per heavy atom. The molecule has 2 heterocycles. The van der Waals surface area contributed by atoms with E-state index in [-0.39, 0.29) is 0 Å². The Balaban J connectivity index is 1.56. The van der Waals surface area contributed by atoms with Crippen molar-refractivity contribution in [1.29, 1.82) is 0 Å². The summed E-state index contributed by atoms with van der Waals surface area (Å²) in [6.07, 6.45) is 1.91. The van der Waals surface area contributed by atoms with Crippen molar-refractivity contribution in [2.75, 3.05) is 5.32 Å². The van der Waals surface area contributed by atoms with Crippen molar-refractivity contribution in [3.63, 3.8) is 0 Å². The molecule has 0 atom stereocenters. The molecule has 0 amide bonds. The zero-order valence-electron chi connectivity index (χ0n) is 13.0. The molecule has 2 aromatic heterocycles. The van der Waals surface area contributed by atoms with Crippen LogP contribution in [0.5, 0.6) is 0 Å². The quantitative estimate of drug-likeness (QED) is 0.558. The molecular formula is C18H15ClN4S. The molecule has 4 aromatic rings. The van der Waals surface area contributed by atoms with Crippen LogP contribution in [0.1, 0.15) is 11.1 Å². The molecule has 0 aliphatic rings. The first-order valence-electron chi connectivity index (χ1n) is 7.60. The van der Waals surface area contributed by atoms with E-state index in [4.69, 9.17) is 11.6 Å². The van der Waals surface area contributed by atoms with Crippen LogP contribution in [-0.2, 0) is 6.54 Å². The van der Waals surface area contributed by atoms with Crippen LogP contribution in [0.3, 0.4) is 0 Å². The molecule has 0 bridgehead atoms. The molecule has 4 rings (SSSR count). The van der Waals surface area contributed by atoms with E-state index in [2.05, 4.69) is 40.5 Å². The Hall–Kier alpha value is -2.37. The lowest BCUT2D eigenvalue weighted by Crippen LogP contribution is -2.01. The van der Waals surface area contributed by atoms with Crippen molar-refractivity contribution in [3.8, 4) is 11.3 Å².